The third-order valence-corrected chi connectivity index (χ3v) is 3.14. The quantitative estimate of drug-likeness (QED) is 0.679. The number of hydrogen-bond donors (Lipinski definition) is 1. The lowest BCUT2D eigenvalue weighted by atomic mass is 10.0. The van der Waals surface area contributed by atoms with Gasteiger partial charge in [0.15, 0.2) is 0 Å². The Labute approximate surface area is 120 Å². The maximum absolute atomic E-state index is 11.1. The van der Waals surface area contributed by atoms with Crippen molar-refractivity contribution in [3.8, 4) is 16.9 Å². The highest BCUT2D eigenvalue weighted by Gasteiger charge is 2.29. The van der Waals surface area contributed by atoms with E-state index in [2.05, 4.69) is 15.9 Å². The minimum Gasteiger partial charge on any atom is -0.507 e. The van der Waals surface area contributed by atoms with Crippen LogP contribution in [0.25, 0.3) is 11.1 Å². The lowest BCUT2D eigenvalue weighted by Gasteiger charge is -2.06. The number of aromatic hydroxyl groups is 1. The molecule has 0 aliphatic carbocycles. The van der Waals surface area contributed by atoms with Gasteiger partial charge in [0, 0.05) is 16.1 Å². The van der Waals surface area contributed by atoms with Crippen molar-refractivity contribution >= 4 is 27.3 Å². The van der Waals surface area contributed by atoms with E-state index < -0.39 is 21.2 Å². The minimum atomic E-state index is -0.826. The summed E-state index contributed by atoms with van der Waals surface area (Å²) < 4.78 is 0.589. The Hall–Kier alpha value is -2.48. The number of benzene rings is 2. The molecule has 8 heteroatoms. The molecule has 2 aromatic rings. The molecule has 7 nitrogen and oxygen atoms in total. The van der Waals surface area contributed by atoms with Crippen molar-refractivity contribution < 1.29 is 15.0 Å². The molecule has 0 radical (unpaired) electrons. The van der Waals surface area contributed by atoms with Crippen LogP contribution in [0.3, 0.4) is 0 Å². The average Bonchev–Trinajstić information content (AvgIpc) is 2.40. The number of halogens is 1. The van der Waals surface area contributed by atoms with E-state index in [1.54, 1.807) is 6.07 Å². The van der Waals surface area contributed by atoms with Gasteiger partial charge in [0.05, 0.1) is 15.4 Å². The number of phenolic OH excluding ortho intramolecular Hbond substituents is 1. The smallest absolute Gasteiger partial charge is 0.353 e. The Kier molecular flexibility index (Phi) is 3.66. The van der Waals surface area contributed by atoms with Gasteiger partial charge in [-0.1, -0.05) is 22.0 Å². The first-order chi connectivity index (χ1) is 9.41. The second-order valence-corrected chi connectivity index (χ2v) is 4.76. The SMILES string of the molecule is O=[N+]([O-])c1cccc(-c2cc(Br)ccc2O)c1[N+](=O)[O-]. The highest BCUT2D eigenvalue weighted by Crippen LogP contribution is 2.41. The zero-order valence-corrected chi connectivity index (χ0v) is 11.4. The third-order valence-electron chi connectivity index (χ3n) is 2.64. The largest absolute Gasteiger partial charge is 0.507 e. The molecule has 0 unspecified atom stereocenters. The van der Waals surface area contributed by atoms with Gasteiger partial charge in [-0.2, -0.15) is 0 Å². The molecule has 20 heavy (non-hydrogen) atoms. The number of nitrogens with zero attached hydrogens (tertiary/aromatic N) is 2. The molecule has 2 aromatic carbocycles. The summed E-state index contributed by atoms with van der Waals surface area (Å²) in [4.78, 5) is 20.4. The number of nitro groups is 2. The summed E-state index contributed by atoms with van der Waals surface area (Å²) in [6.07, 6.45) is 0. The van der Waals surface area contributed by atoms with Crippen molar-refractivity contribution in [3.63, 3.8) is 0 Å². The normalized spacial score (nSPS) is 10.2. The minimum absolute atomic E-state index is 0.0111. The fraction of sp³-hybridized carbons (Fsp3) is 0. The lowest BCUT2D eigenvalue weighted by molar-refractivity contribution is -0.422. The number of rotatable bonds is 3. The Balaban J connectivity index is 2.80. The second-order valence-electron chi connectivity index (χ2n) is 3.85. The van der Waals surface area contributed by atoms with Gasteiger partial charge in [0.2, 0.25) is 0 Å². The van der Waals surface area contributed by atoms with Crippen molar-refractivity contribution in [3.05, 3.63) is 61.1 Å². The molecule has 2 rings (SSSR count). The van der Waals surface area contributed by atoms with Crippen molar-refractivity contribution in [2.75, 3.05) is 0 Å². The van der Waals surface area contributed by atoms with Crippen LogP contribution in [0.4, 0.5) is 11.4 Å². The monoisotopic (exact) mass is 338 g/mol. The summed E-state index contributed by atoms with van der Waals surface area (Å²) in [6, 6.07) is 8.11. The molecule has 0 saturated heterocycles. The van der Waals surface area contributed by atoms with Gasteiger partial charge in [-0.15, -0.1) is 0 Å². The Morgan fingerprint density at radius 1 is 1.00 bits per heavy atom. The number of hydrogen-bond acceptors (Lipinski definition) is 5. The number of phenols is 1. The van der Waals surface area contributed by atoms with Gasteiger partial charge in [-0.05, 0) is 24.3 Å². The maximum Gasteiger partial charge on any atom is 0.353 e. The van der Waals surface area contributed by atoms with Crippen LogP contribution in [0.5, 0.6) is 5.75 Å². The van der Waals surface area contributed by atoms with Crippen LogP contribution >= 0.6 is 15.9 Å². The van der Waals surface area contributed by atoms with E-state index in [9.17, 15) is 25.3 Å². The first-order valence-electron chi connectivity index (χ1n) is 5.32. The van der Waals surface area contributed by atoms with E-state index in [0.717, 1.165) is 6.07 Å². The fourth-order valence-corrected chi connectivity index (χ4v) is 2.17. The van der Waals surface area contributed by atoms with Crippen molar-refractivity contribution in [1.29, 1.82) is 0 Å². The Bertz CT molecular complexity index is 717. The van der Waals surface area contributed by atoms with E-state index in [1.165, 1.54) is 24.3 Å². The molecule has 0 aliphatic heterocycles. The van der Waals surface area contributed by atoms with Crippen molar-refractivity contribution in [1.82, 2.24) is 0 Å². The third kappa shape index (κ3) is 2.45. The van der Waals surface area contributed by atoms with E-state index in [1.807, 2.05) is 0 Å². The van der Waals surface area contributed by atoms with Crippen LogP contribution in [-0.2, 0) is 0 Å². The molecule has 102 valence electrons. The lowest BCUT2D eigenvalue weighted by Crippen LogP contribution is -1.98. The van der Waals surface area contributed by atoms with Crippen molar-refractivity contribution in [2.45, 2.75) is 0 Å². The molecule has 0 aliphatic rings. The molecule has 0 bridgehead atoms. The van der Waals surface area contributed by atoms with E-state index in [4.69, 9.17) is 0 Å². The summed E-state index contributed by atoms with van der Waals surface area (Å²) in [5, 5.41) is 31.8. The van der Waals surface area contributed by atoms with Gasteiger partial charge >= 0.3 is 11.4 Å². The summed E-state index contributed by atoms with van der Waals surface area (Å²) in [7, 11) is 0. The van der Waals surface area contributed by atoms with Gasteiger partial charge in [0.25, 0.3) is 0 Å². The fourth-order valence-electron chi connectivity index (χ4n) is 1.81. The summed E-state index contributed by atoms with van der Waals surface area (Å²) >= 11 is 3.19. The molecule has 0 amide bonds. The predicted octanol–water partition coefficient (Wildman–Crippen LogP) is 3.64. The Morgan fingerprint density at radius 2 is 1.70 bits per heavy atom. The first-order valence-corrected chi connectivity index (χ1v) is 6.12. The van der Waals surface area contributed by atoms with E-state index in [-0.39, 0.29) is 16.9 Å². The van der Waals surface area contributed by atoms with Crippen LogP contribution in [0.2, 0.25) is 0 Å². The molecule has 0 heterocycles. The topological polar surface area (TPSA) is 107 Å². The van der Waals surface area contributed by atoms with E-state index in [0.29, 0.717) is 4.47 Å². The van der Waals surface area contributed by atoms with Gasteiger partial charge < -0.3 is 5.11 Å². The maximum atomic E-state index is 11.1. The molecular formula is C12H7BrN2O5. The number of para-hydroxylation sites is 1. The Morgan fingerprint density at radius 3 is 2.30 bits per heavy atom. The van der Waals surface area contributed by atoms with Gasteiger partial charge in [-0.3, -0.25) is 20.2 Å². The molecule has 1 N–H and O–H groups in total. The second kappa shape index (κ2) is 5.25. The molecule has 0 fully saturated rings. The standard InChI is InChI=1S/C12H7BrN2O5/c13-7-4-5-11(16)9(6-7)8-2-1-3-10(14(17)18)12(8)15(19)20/h1-6,16H. The number of nitro benzene ring substituents is 2. The zero-order valence-electron chi connectivity index (χ0n) is 9.82. The van der Waals surface area contributed by atoms with E-state index >= 15 is 0 Å². The summed E-state index contributed by atoms with van der Waals surface area (Å²) in [6.45, 7) is 0. The molecular weight excluding hydrogens is 332 g/mol. The zero-order chi connectivity index (χ0) is 14.9. The predicted molar refractivity (Wildman–Crippen MR) is 74.6 cm³/mol. The molecule has 0 spiro atoms. The summed E-state index contributed by atoms with van der Waals surface area (Å²) in [5.74, 6) is -0.197. The molecule has 0 atom stereocenters. The van der Waals surface area contributed by atoms with Crippen LogP contribution < -0.4 is 0 Å². The highest BCUT2D eigenvalue weighted by atomic mass is 79.9. The average molecular weight is 339 g/mol. The van der Waals surface area contributed by atoms with Gasteiger partial charge in [-0.25, -0.2) is 0 Å². The molecule has 0 saturated carbocycles. The van der Waals surface area contributed by atoms with Crippen LogP contribution in [0, 0.1) is 20.2 Å². The van der Waals surface area contributed by atoms with Crippen LogP contribution in [-0.4, -0.2) is 15.0 Å². The van der Waals surface area contributed by atoms with Gasteiger partial charge in [0.1, 0.15) is 5.75 Å². The first kappa shape index (κ1) is 13.9. The molecule has 0 aromatic heterocycles. The highest BCUT2D eigenvalue weighted by molar-refractivity contribution is 9.10. The van der Waals surface area contributed by atoms with Crippen LogP contribution in [0.1, 0.15) is 0 Å². The van der Waals surface area contributed by atoms with Crippen LogP contribution in [0.15, 0.2) is 40.9 Å². The van der Waals surface area contributed by atoms with Crippen molar-refractivity contribution in [2.24, 2.45) is 0 Å². The summed E-state index contributed by atoms with van der Waals surface area (Å²) in [5.41, 5.74) is -1.13.